The van der Waals surface area contributed by atoms with E-state index in [1.807, 2.05) is 24.3 Å². The van der Waals surface area contributed by atoms with Crippen molar-refractivity contribution >= 4 is 110 Å². The van der Waals surface area contributed by atoms with E-state index in [1.54, 1.807) is 51.2 Å². The highest BCUT2D eigenvalue weighted by Crippen LogP contribution is 2.17. The number of H-pyrrole nitrogens is 1. The number of aromatic nitrogens is 4. The Morgan fingerprint density at radius 2 is 1.11 bits per heavy atom. The Morgan fingerprint density at radius 1 is 0.583 bits per heavy atom. The molecule has 2 aromatic carbocycles. The maximum Gasteiger partial charge on any atom is 0.279 e. The summed E-state index contributed by atoms with van der Waals surface area (Å²) >= 11 is 11.2. The molecule has 0 spiro atoms. The zero-order valence-electron chi connectivity index (χ0n) is 55.9. The number of Topliss-reactive ketones (excluding diaryl/α,β-unsaturated/α-hetero) is 2. The van der Waals surface area contributed by atoms with E-state index in [9.17, 15) is 63.6 Å². The quantitative estimate of drug-likeness (QED) is 0.00886. The fourth-order valence-corrected chi connectivity index (χ4v) is 10.4. The van der Waals surface area contributed by atoms with Gasteiger partial charge in [-0.05, 0) is 156 Å². The lowest BCUT2D eigenvalue weighted by Crippen LogP contribution is -2.41. The van der Waals surface area contributed by atoms with Gasteiger partial charge in [-0.15, -0.1) is 0 Å². The lowest BCUT2D eigenvalue weighted by molar-refractivity contribution is -0.166. The molecule has 2 atom stereocenters. The number of unbranched alkanes of at least 4 members (excludes halogenated alkanes) is 10. The van der Waals surface area contributed by atoms with Crippen molar-refractivity contribution in [2.45, 2.75) is 194 Å². The standard InChI is InChI=1S/C67H98N14O13S2/c1-46(42-55(83)20-19-38-70-65(90)51-25-29-52(30-26-51)72-44-54-45-73-63-62(77-54)66(91)76-48(3)75-63)64(89)74-47(2)57(84)22-12-7-5-6-11-21-56(95)43-50-23-27-53(28-24-50)78-67(96)71-37-15-10-18-41-81(94)61(88)34-32-59(86)69-36-14-9-17-40-80(93)60(87)33-31-58(85)68-35-13-8-16-39-79(92)49(4)82/h23-30,45-47,72,92-94H,5-22,31-44H2,1-4H3,(H,68,85)(H,69,86)(H,70,90)(H,74,89)(H2,71,78,96)(H,73,75,76,91)/t46-,47+/m1/s1. The number of fused-ring (bicyclic) bond motifs is 1. The van der Waals surface area contributed by atoms with Crippen LogP contribution in [0.2, 0.25) is 0 Å². The molecule has 7 amide bonds. The van der Waals surface area contributed by atoms with Gasteiger partial charge in [-0.3, -0.25) is 63.6 Å². The molecule has 0 saturated heterocycles. The predicted octanol–water partition coefficient (Wildman–Crippen LogP) is 7.42. The number of aromatic amines is 1. The summed E-state index contributed by atoms with van der Waals surface area (Å²) in [5, 5.41) is 52.5. The van der Waals surface area contributed by atoms with Crippen molar-refractivity contribution in [3.63, 3.8) is 0 Å². The van der Waals surface area contributed by atoms with E-state index in [2.05, 4.69) is 57.2 Å². The molecule has 29 heteroatoms. The highest BCUT2D eigenvalue weighted by Gasteiger charge is 2.22. The number of benzene rings is 2. The maximum absolute atomic E-state index is 12.9. The lowest BCUT2D eigenvalue weighted by atomic mass is 9.99. The molecule has 0 aliphatic heterocycles. The van der Waals surface area contributed by atoms with Crippen LogP contribution in [0.1, 0.15) is 196 Å². The molecule has 4 aromatic rings. The van der Waals surface area contributed by atoms with Gasteiger partial charge in [0.1, 0.15) is 11.6 Å². The number of hydrogen-bond acceptors (Lipinski definition) is 19. The van der Waals surface area contributed by atoms with Crippen LogP contribution in [0.25, 0.3) is 11.2 Å². The number of hydroxylamine groups is 6. The van der Waals surface area contributed by atoms with Gasteiger partial charge in [-0.25, -0.2) is 30.1 Å². The number of rotatable bonds is 48. The Hall–Kier alpha value is -8.25. The van der Waals surface area contributed by atoms with Crippen LogP contribution in [-0.4, -0.2) is 165 Å². The van der Waals surface area contributed by atoms with Gasteiger partial charge in [0.25, 0.3) is 11.5 Å². The molecule has 4 rings (SSSR count). The Bertz CT molecular complexity index is 3250. The third kappa shape index (κ3) is 33.4. The molecular formula is C67H98N14O13S2. The van der Waals surface area contributed by atoms with Gasteiger partial charge in [0.05, 0.1) is 24.5 Å². The topological polar surface area (TPSA) is 380 Å². The van der Waals surface area contributed by atoms with Crippen LogP contribution in [-0.2, 0) is 51.3 Å². The predicted molar refractivity (Wildman–Crippen MR) is 371 cm³/mol. The molecule has 0 unspecified atom stereocenters. The molecule has 11 N–H and O–H groups in total. The van der Waals surface area contributed by atoms with Gasteiger partial charge in [-0.1, -0.05) is 50.5 Å². The van der Waals surface area contributed by atoms with E-state index in [4.69, 9.17) is 24.4 Å². The second-order valence-electron chi connectivity index (χ2n) is 23.9. The smallest absolute Gasteiger partial charge is 0.279 e. The van der Waals surface area contributed by atoms with Crippen LogP contribution in [0.3, 0.4) is 0 Å². The average Bonchev–Trinajstić information content (AvgIpc) is 0.826. The van der Waals surface area contributed by atoms with Gasteiger partial charge in [0.2, 0.25) is 35.4 Å². The number of thiocarbonyl (C=S) groups is 2. The van der Waals surface area contributed by atoms with E-state index in [0.29, 0.717) is 134 Å². The van der Waals surface area contributed by atoms with Crippen molar-refractivity contribution in [2.75, 3.05) is 56.4 Å². The molecule has 96 heavy (non-hydrogen) atoms. The molecule has 27 nitrogen and oxygen atoms in total. The first-order chi connectivity index (χ1) is 46.0. The summed E-state index contributed by atoms with van der Waals surface area (Å²) in [6.07, 6.45) is 13.7. The Balaban J connectivity index is 0.918. The number of carbonyl (C=O) groups is 9. The third-order valence-corrected chi connectivity index (χ3v) is 16.2. The van der Waals surface area contributed by atoms with E-state index in [1.165, 1.54) is 6.92 Å². The molecule has 2 heterocycles. The Labute approximate surface area is 572 Å². The number of aryl methyl sites for hydroxylation is 1. The molecule has 0 aliphatic rings. The van der Waals surface area contributed by atoms with Crippen molar-refractivity contribution in [1.82, 2.24) is 61.7 Å². The average molecular weight is 1370 g/mol. The third-order valence-electron chi connectivity index (χ3n) is 15.6. The number of amides is 7. The van der Waals surface area contributed by atoms with Gasteiger partial charge in [-0.2, -0.15) is 0 Å². The van der Waals surface area contributed by atoms with Crippen LogP contribution in [0.4, 0.5) is 11.4 Å². The van der Waals surface area contributed by atoms with E-state index in [0.717, 1.165) is 66.7 Å². The molecule has 0 aliphatic carbocycles. The Kier molecular flexibility index (Phi) is 37.8. The molecule has 0 bridgehead atoms. The number of ketones is 2. The zero-order valence-corrected chi connectivity index (χ0v) is 57.5. The zero-order chi connectivity index (χ0) is 70.2. The summed E-state index contributed by atoms with van der Waals surface area (Å²) < 4.78 is 0. The summed E-state index contributed by atoms with van der Waals surface area (Å²) in [5.41, 5.74) is 3.72. The Morgan fingerprint density at radius 3 is 1.71 bits per heavy atom. The summed E-state index contributed by atoms with van der Waals surface area (Å²) in [6, 6.07) is 14.1. The van der Waals surface area contributed by atoms with Crippen LogP contribution in [0, 0.1) is 12.8 Å². The fourth-order valence-electron chi connectivity index (χ4n) is 9.84. The minimum absolute atomic E-state index is 0.0301. The highest BCUT2D eigenvalue weighted by molar-refractivity contribution is 7.80. The molecule has 2 aromatic heterocycles. The van der Waals surface area contributed by atoms with Crippen molar-refractivity contribution in [3.8, 4) is 0 Å². The van der Waals surface area contributed by atoms with Gasteiger partial charge < -0.3 is 42.2 Å². The normalized spacial score (nSPS) is 11.6. The highest BCUT2D eigenvalue weighted by atomic mass is 32.1. The largest absolute Gasteiger partial charge is 0.379 e. The number of anilines is 2. The summed E-state index contributed by atoms with van der Waals surface area (Å²) in [4.78, 5) is 140. The number of nitrogens with one attached hydrogen (secondary N) is 8. The molecule has 0 saturated carbocycles. The van der Waals surface area contributed by atoms with Crippen LogP contribution in [0.5, 0.6) is 0 Å². The summed E-state index contributed by atoms with van der Waals surface area (Å²) in [6.45, 7) is 8.60. The van der Waals surface area contributed by atoms with Crippen molar-refractivity contribution in [1.29, 1.82) is 0 Å². The molecule has 0 radical (unpaired) electrons. The number of nitrogens with zero attached hydrogens (tertiary/aromatic N) is 6. The fraction of sp³-hybridized carbons (Fsp3) is 0.567. The molecule has 0 fully saturated rings. The number of carbonyl (C=O) groups excluding carboxylic acids is 9. The SMILES string of the molecule is CC(=O)N(O)CCCCCNC(=O)CCC(=O)N(O)CCCCCNC(=O)CCC(=O)N(O)CCCCCNC(=S)Nc1ccc(CC(=S)CCCCCCCC(=O)[C@H](C)NC(=O)[C@H](C)CC(=O)CCCNC(=O)c2ccc(NCc3cnc4nc(C)[nH]c(=O)c4n3)cc2)cc1. The minimum atomic E-state index is -0.662. The second-order valence-corrected chi connectivity index (χ2v) is 24.9. The van der Waals surface area contributed by atoms with Crippen LogP contribution in [0.15, 0.2) is 59.5 Å². The van der Waals surface area contributed by atoms with Crippen molar-refractivity contribution in [3.05, 3.63) is 87.7 Å². The lowest BCUT2D eigenvalue weighted by Gasteiger charge is -2.16. The number of hydrogen-bond donors (Lipinski definition) is 11. The minimum Gasteiger partial charge on any atom is -0.379 e. The van der Waals surface area contributed by atoms with E-state index in [-0.39, 0.29) is 117 Å². The van der Waals surface area contributed by atoms with Gasteiger partial charge >= 0.3 is 0 Å². The summed E-state index contributed by atoms with van der Waals surface area (Å²) in [7, 11) is 0. The van der Waals surface area contributed by atoms with Crippen LogP contribution < -0.4 is 42.8 Å². The summed E-state index contributed by atoms with van der Waals surface area (Å²) in [5.74, 6) is -3.15. The van der Waals surface area contributed by atoms with Crippen molar-refractivity contribution in [2.24, 2.45) is 5.92 Å². The van der Waals surface area contributed by atoms with Gasteiger partial charge in [0, 0.05) is 127 Å². The monoisotopic (exact) mass is 1370 g/mol. The van der Waals surface area contributed by atoms with E-state index >= 15 is 0 Å². The van der Waals surface area contributed by atoms with E-state index < -0.39 is 29.7 Å². The van der Waals surface area contributed by atoms with Crippen LogP contribution >= 0.6 is 24.4 Å². The van der Waals surface area contributed by atoms with Crippen molar-refractivity contribution < 1.29 is 58.8 Å². The first-order valence-electron chi connectivity index (χ1n) is 33.3. The maximum atomic E-state index is 12.9. The first-order valence-corrected chi connectivity index (χ1v) is 34.1. The van der Waals surface area contributed by atoms with Gasteiger partial charge in [0.15, 0.2) is 22.1 Å². The molecular weight excluding hydrogens is 1270 g/mol. The first kappa shape index (κ1) is 80.2. The molecule has 526 valence electrons. The second kappa shape index (κ2) is 45.2.